The van der Waals surface area contributed by atoms with Crippen molar-refractivity contribution in [3.05, 3.63) is 22.7 Å². The number of nitrogens with one attached hydrogen (secondary N) is 2. The van der Waals surface area contributed by atoms with Crippen molar-refractivity contribution in [3.8, 4) is 11.5 Å². The summed E-state index contributed by atoms with van der Waals surface area (Å²) in [7, 11) is 1.56. The Morgan fingerprint density at radius 1 is 1.19 bits per heavy atom. The van der Waals surface area contributed by atoms with Crippen LogP contribution in [0.1, 0.15) is 25.8 Å². The number of methoxy groups -OCH3 is 1. The van der Waals surface area contributed by atoms with Gasteiger partial charge in [0.25, 0.3) is 0 Å². The number of hydrazone groups is 1. The van der Waals surface area contributed by atoms with Gasteiger partial charge in [0.2, 0.25) is 0 Å². The maximum Gasteiger partial charge on any atom is 0.329 e. The number of hydrogen-bond donors (Lipinski definition) is 2. The van der Waals surface area contributed by atoms with E-state index in [0.29, 0.717) is 54.9 Å². The van der Waals surface area contributed by atoms with E-state index >= 15 is 0 Å². The van der Waals surface area contributed by atoms with Crippen LogP contribution >= 0.6 is 11.6 Å². The fourth-order valence-electron chi connectivity index (χ4n) is 1.92. The zero-order valence-corrected chi connectivity index (χ0v) is 15.9. The van der Waals surface area contributed by atoms with Gasteiger partial charge in [0.15, 0.2) is 11.5 Å². The maximum atomic E-state index is 11.6. The number of nitrogens with zero attached hydrogens (tertiary/aromatic N) is 1. The van der Waals surface area contributed by atoms with Crippen LogP contribution in [0.5, 0.6) is 11.5 Å². The lowest BCUT2D eigenvalue weighted by Gasteiger charge is -2.13. The molecule has 0 spiro atoms. The Bertz CT molecular complexity index is 637. The second-order valence-corrected chi connectivity index (χ2v) is 5.40. The summed E-state index contributed by atoms with van der Waals surface area (Å²) in [6.07, 6.45) is 1.98. The smallest absolute Gasteiger partial charge is 0.329 e. The topological polar surface area (TPSA) is 98.2 Å². The van der Waals surface area contributed by atoms with Crippen LogP contribution in [0.4, 0.5) is 0 Å². The molecule has 0 radical (unpaired) electrons. The molecule has 1 aromatic carbocycles. The minimum absolute atomic E-state index is 0.343. The van der Waals surface area contributed by atoms with Crippen molar-refractivity contribution >= 4 is 29.6 Å². The summed E-state index contributed by atoms with van der Waals surface area (Å²) < 4.78 is 15.8. The molecule has 26 heavy (non-hydrogen) atoms. The van der Waals surface area contributed by atoms with Crippen molar-refractivity contribution in [2.75, 3.05) is 33.5 Å². The molecule has 0 unspecified atom stereocenters. The highest BCUT2D eigenvalue weighted by Gasteiger charge is 2.13. The Hall–Kier alpha value is -2.32. The number of carbonyl (C=O) groups is 2. The van der Waals surface area contributed by atoms with Gasteiger partial charge >= 0.3 is 11.8 Å². The summed E-state index contributed by atoms with van der Waals surface area (Å²) in [6, 6.07) is 3.30. The second-order valence-electron chi connectivity index (χ2n) is 5.00. The van der Waals surface area contributed by atoms with Crippen LogP contribution in [-0.2, 0) is 14.3 Å². The van der Waals surface area contributed by atoms with Crippen LogP contribution in [0.25, 0.3) is 0 Å². The number of carbonyl (C=O) groups excluding carboxylic acids is 2. The Labute approximate surface area is 157 Å². The van der Waals surface area contributed by atoms with Gasteiger partial charge in [-0.2, -0.15) is 5.10 Å². The summed E-state index contributed by atoms with van der Waals surface area (Å²) in [4.78, 5) is 23.2. The van der Waals surface area contributed by atoms with Crippen molar-refractivity contribution in [3.63, 3.8) is 0 Å². The fraction of sp³-hybridized carbons (Fsp3) is 0.471. The van der Waals surface area contributed by atoms with E-state index in [-0.39, 0.29) is 0 Å². The Balaban J connectivity index is 2.67. The molecule has 0 heterocycles. The monoisotopic (exact) mass is 385 g/mol. The normalized spacial score (nSPS) is 10.6. The van der Waals surface area contributed by atoms with Crippen molar-refractivity contribution < 1.29 is 23.8 Å². The quantitative estimate of drug-likeness (QED) is 0.277. The second kappa shape index (κ2) is 12.1. The average Bonchev–Trinajstić information content (AvgIpc) is 2.61. The van der Waals surface area contributed by atoms with E-state index in [1.54, 1.807) is 19.2 Å². The number of benzene rings is 1. The third-order valence-electron chi connectivity index (χ3n) is 3.02. The Kier molecular flexibility index (Phi) is 10.1. The van der Waals surface area contributed by atoms with E-state index in [1.165, 1.54) is 6.21 Å². The Morgan fingerprint density at radius 3 is 2.58 bits per heavy atom. The van der Waals surface area contributed by atoms with E-state index in [2.05, 4.69) is 15.8 Å². The lowest BCUT2D eigenvalue weighted by atomic mass is 10.2. The summed E-state index contributed by atoms with van der Waals surface area (Å²) in [6.45, 7) is 5.42. The standard InChI is InChI=1S/C17H24ClN3O5/c1-4-25-14-10-12(9-13(18)15(14)26-5-2)11-20-21-17(23)16(22)19-7-6-8-24-3/h9-11H,4-8H2,1-3H3,(H,19,22)(H,21,23)/b20-11-. The molecule has 2 amide bonds. The predicted molar refractivity (Wildman–Crippen MR) is 99.0 cm³/mol. The zero-order valence-electron chi connectivity index (χ0n) is 15.1. The molecule has 8 nitrogen and oxygen atoms in total. The summed E-state index contributed by atoms with van der Waals surface area (Å²) >= 11 is 6.20. The van der Waals surface area contributed by atoms with Gasteiger partial charge in [-0.3, -0.25) is 9.59 Å². The van der Waals surface area contributed by atoms with Gasteiger partial charge in [-0.15, -0.1) is 0 Å². The van der Waals surface area contributed by atoms with Crippen molar-refractivity contribution in [2.24, 2.45) is 5.10 Å². The highest BCUT2D eigenvalue weighted by Crippen LogP contribution is 2.36. The summed E-state index contributed by atoms with van der Waals surface area (Å²) in [5.74, 6) is -0.697. The van der Waals surface area contributed by atoms with Gasteiger partial charge in [-0.1, -0.05) is 11.6 Å². The number of ether oxygens (including phenoxy) is 3. The van der Waals surface area contributed by atoms with E-state index < -0.39 is 11.8 Å². The van der Waals surface area contributed by atoms with Gasteiger partial charge in [0.1, 0.15) is 0 Å². The lowest BCUT2D eigenvalue weighted by Crippen LogP contribution is -2.38. The van der Waals surface area contributed by atoms with Crippen LogP contribution in [-0.4, -0.2) is 51.5 Å². The van der Waals surface area contributed by atoms with Crippen LogP contribution < -0.4 is 20.2 Å². The maximum absolute atomic E-state index is 11.6. The fourth-order valence-corrected chi connectivity index (χ4v) is 2.20. The van der Waals surface area contributed by atoms with Crippen molar-refractivity contribution in [2.45, 2.75) is 20.3 Å². The van der Waals surface area contributed by atoms with Crippen LogP contribution in [0, 0.1) is 0 Å². The minimum Gasteiger partial charge on any atom is -0.490 e. The first kappa shape index (κ1) is 21.7. The third kappa shape index (κ3) is 7.28. The first-order chi connectivity index (χ1) is 12.5. The molecule has 0 aliphatic carbocycles. The minimum atomic E-state index is -0.860. The molecule has 9 heteroatoms. The SMILES string of the molecule is CCOc1cc(/C=N\NC(=O)C(=O)NCCCOC)cc(Cl)c1OCC. The van der Waals surface area contributed by atoms with E-state index in [1.807, 2.05) is 13.8 Å². The number of halogens is 1. The number of amides is 2. The van der Waals surface area contributed by atoms with Crippen LogP contribution in [0.15, 0.2) is 17.2 Å². The molecular formula is C17H24ClN3O5. The molecule has 0 fully saturated rings. The predicted octanol–water partition coefficient (Wildman–Crippen LogP) is 1.74. The van der Waals surface area contributed by atoms with Gasteiger partial charge in [0, 0.05) is 20.3 Å². The molecule has 0 atom stereocenters. The molecule has 0 aliphatic heterocycles. The first-order valence-electron chi connectivity index (χ1n) is 8.22. The highest BCUT2D eigenvalue weighted by molar-refractivity contribution is 6.35. The number of rotatable bonds is 10. The summed E-state index contributed by atoms with van der Waals surface area (Å²) in [5.41, 5.74) is 2.74. The molecule has 2 N–H and O–H groups in total. The molecule has 1 rings (SSSR count). The molecule has 0 saturated carbocycles. The average molecular weight is 386 g/mol. The van der Waals surface area contributed by atoms with Crippen LogP contribution in [0.2, 0.25) is 5.02 Å². The van der Waals surface area contributed by atoms with Gasteiger partial charge in [-0.05, 0) is 38.0 Å². The zero-order chi connectivity index (χ0) is 19.4. The van der Waals surface area contributed by atoms with E-state index in [4.69, 9.17) is 25.8 Å². The van der Waals surface area contributed by atoms with Gasteiger partial charge < -0.3 is 19.5 Å². The largest absolute Gasteiger partial charge is 0.490 e. The molecule has 0 bridgehead atoms. The van der Waals surface area contributed by atoms with Gasteiger partial charge in [0.05, 0.1) is 24.5 Å². The molecule has 0 aromatic heterocycles. The summed E-state index contributed by atoms with van der Waals surface area (Å²) in [5, 5.41) is 6.58. The van der Waals surface area contributed by atoms with Crippen molar-refractivity contribution in [1.82, 2.24) is 10.7 Å². The van der Waals surface area contributed by atoms with Gasteiger partial charge in [-0.25, -0.2) is 5.43 Å². The molecule has 0 aliphatic rings. The molecule has 0 saturated heterocycles. The molecule has 1 aromatic rings. The van der Waals surface area contributed by atoms with Crippen LogP contribution in [0.3, 0.4) is 0 Å². The number of hydrogen-bond acceptors (Lipinski definition) is 6. The highest BCUT2D eigenvalue weighted by atomic mass is 35.5. The third-order valence-corrected chi connectivity index (χ3v) is 3.30. The first-order valence-corrected chi connectivity index (χ1v) is 8.60. The van der Waals surface area contributed by atoms with Crippen molar-refractivity contribution in [1.29, 1.82) is 0 Å². The van der Waals surface area contributed by atoms with E-state index in [0.717, 1.165) is 0 Å². The Morgan fingerprint density at radius 2 is 1.92 bits per heavy atom. The van der Waals surface area contributed by atoms with E-state index in [9.17, 15) is 9.59 Å². The molecular weight excluding hydrogens is 362 g/mol. The molecule has 144 valence electrons. The lowest BCUT2D eigenvalue weighted by molar-refractivity contribution is -0.139.